The SMILES string of the molecule is CCOC(=O)C1CSCCN1C(=O)c1[nH]ncc1N. The fraction of sp³-hybridized carbons (Fsp3) is 0.545. The number of amides is 1. The van der Waals surface area contributed by atoms with E-state index in [1.807, 2.05) is 0 Å². The Labute approximate surface area is 114 Å². The zero-order valence-corrected chi connectivity index (χ0v) is 11.4. The molecule has 8 heteroatoms. The van der Waals surface area contributed by atoms with E-state index in [9.17, 15) is 9.59 Å². The fourth-order valence-corrected chi connectivity index (χ4v) is 2.92. The monoisotopic (exact) mass is 284 g/mol. The van der Waals surface area contributed by atoms with Crippen LogP contribution >= 0.6 is 11.8 Å². The van der Waals surface area contributed by atoms with Crippen molar-refractivity contribution in [2.45, 2.75) is 13.0 Å². The average Bonchev–Trinajstić information content (AvgIpc) is 2.84. The zero-order valence-electron chi connectivity index (χ0n) is 10.6. The lowest BCUT2D eigenvalue weighted by molar-refractivity contribution is -0.147. The molecule has 104 valence electrons. The van der Waals surface area contributed by atoms with Gasteiger partial charge in [0.25, 0.3) is 5.91 Å². The number of nitrogen functional groups attached to an aromatic ring is 1. The number of esters is 1. The summed E-state index contributed by atoms with van der Waals surface area (Å²) >= 11 is 1.63. The number of aromatic nitrogens is 2. The van der Waals surface area contributed by atoms with E-state index < -0.39 is 6.04 Å². The molecule has 1 saturated heterocycles. The highest BCUT2D eigenvalue weighted by atomic mass is 32.2. The Morgan fingerprint density at radius 3 is 3.11 bits per heavy atom. The van der Waals surface area contributed by atoms with Gasteiger partial charge in [0.15, 0.2) is 0 Å². The fourth-order valence-electron chi connectivity index (χ4n) is 1.89. The number of anilines is 1. The van der Waals surface area contributed by atoms with E-state index in [1.54, 1.807) is 18.7 Å². The first-order valence-electron chi connectivity index (χ1n) is 5.99. The second kappa shape index (κ2) is 5.96. The predicted molar refractivity (Wildman–Crippen MR) is 71.8 cm³/mol. The normalized spacial score (nSPS) is 19.2. The van der Waals surface area contributed by atoms with Crippen LogP contribution in [0.25, 0.3) is 0 Å². The maximum atomic E-state index is 12.4. The second-order valence-electron chi connectivity index (χ2n) is 4.04. The number of H-pyrrole nitrogens is 1. The highest BCUT2D eigenvalue weighted by Crippen LogP contribution is 2.21. The third-order valence-electron chi connectivity index (χ3n) is 2.83. The molecule has 0 aliphatic carbocycles. The summed E-state index contributed by atoms with van der Waals surface area (Å²) in [5.41, 5.74) is 6.17. The molecule has 0 spiro atoms. The van der Waals surface area contributed by atoms with Gasteiger partial charge in [0.2, 0.25) is 0 Å². The molecule has 0 saturated carbocycles. The minimum atomic E-state index is -0.561. The molecule has 2 rings (SSSR count). The zero-order chi connectivity index (χ0) is 13.8. The molecule has 19 heavy (non-hydrogen) atoms. The van der Waals surface area contributed by atoms with Crippen molar-refractivity contribution in [1.29, 1.82) is 0 Å². The van der Waals surface area contributed by atoms with Crippen LogP contribution in [0.4, 0.5) is 5.69 Å². The summed E-state index contributed by atoms with van der Waals surface area (Å²) in [5.74, 6) is 0.642. The molecule has 0 bridgehead atoms. The first-order chi connectivity index (χ1) is 9.15. The lowest BCUT2D eigenvalue weighted by atomic mass is 10.2. The van der Waals surface area contributed by atoms with E-state index in [-0.39, 0.29) is 23.3 Å². The number of hydrogen-bond acceptors (Lipinski definition) is 6. The van der Waals surface area contributed by atoms with Gasteiger partial charge in [0.1, 0.15) is 11.7 Å². The van der Waals surface area contributed by atoms with Crippen LogP contribution in [0.15, 0.2) is 6.20 Å². The minimum Gasteiger partial charge on any atom is -0.464 e. The minimum absolute atomic E-state index is 0.223. The van der Waals surface area contributed by atoms with Crippen LogP contribution in [-0.2, 0) is 9.53 Å². The molecule has 7 nitrogen and oxygen atoms in total. The van der Waals surface area contributed by atoms with Gasteiger partial charge in [-0.15, -0.1) is 0 Å². The molecule has 1 aromatic heterocycles. The molecular formula is C11H16N4O3S. The first-order valence-corrected chi connectivity index (χ1v) is 7.14. The number of ether oxygens (including phenoxy) is 1. The van der Waals surface area contributed by atoms with Crippen LogP contribution in [-0.4, -0.2) is 57.7 Å². The van der Waals surface area contributed by atoms with Crippen molar-refractivity contribution in [3.63, 3.8) is 0 Å². The summed E-state index contributed by atoms with van der Waals surface area (Å²) in [6, 6.07) is -0.561. The highest BCUT2D eigenvalue weighted by molar-refractivity contribution is 7.99. The molecule has 1 amide bonds. The number of thioether (sulfide) groups is 1. The lowest BCUT2D eigenvalue weighted by Crippen LogP contribution is -2.51. The maximum Gasteiger partial charge on any atom is 0.329 e. The van der Waals surface area contributed by atoms with Gasteiger partial charge in [-0.25, -0.2) is 4.79 Å². The van der Waals surface area contributed by atoms with Crippen LogP contribution in [0.5, 0.6) is 0 Å². The quantitative estimate of drug-likeness (QED) is 0.764. The molecule has 1 atom stereocenters. The molecule has 1 unspecified atom stereocenters. The van der Waals surface area contributed by atoms with Crippen LogP contribution < -0.4 is 5.73 Å². The van der Waals surface area contributed by atoms with Gasteiger partial charge < -0.3 is 15.4 Å². The van der Waals surface area contributed by atoms with Crippen molar-refractivity contribution in [1.82, 2.24) is 15.1 Å². The van der Waals surface area contributed by atoms with Crippen LogP contribution in [0.2, 0.25) is 0 Å². The van der Waals surface area contributed by atoms with E-state index in [4.69, 9.17) is 10.5 Å². The summed E-state index contributed by atoms with van der Waals surface area (Å²) in [5, 5.41) is 6.29. The Morgan fingerprint density at radius 1 is 1.68 bits per heavy atom. The van der Waals surface area contributed by atoms with Gasteiger partial charge in [0.05, 0.1) is 18.5 Å². The van der Waals surface area contributed by atoms with Crippen LogP contribution in [0.1, 0.15) is 17.4 Å². The van der Waals surface area contributed by atoms with Gasteiger partial charge in [-0.1, -0.05) is 0 Å². The van der Waals surface area contributed by atoms with Crippen molar-refractivity contribution < 1.29 is 14.3 Å². The smallest absolute Gasteiger partial charge is 0.329 e. The molecule has 0 aromatic carbocycles. The number of carbonyl (C=O) groups excluding carboxylic acids is 2. The van der Waals surface area contributed by atoms with Gasteiger partial charge in [-0.05, 0) is 6.92 Å². The Hall–Kier alpha value is -1.70. The van der Waals surface area contributed by atoms with Gasteiger partial charge in [-0.3, -0.25) is 9.89 Å². The van der Waals surface area contributed by atoms with E-state index in [1.165, 1.54) is 11.1 Å². The summed E-state index contributed by atoms with van der Waals surface area (Å²) < 4.78 is 5.01. The van der Waals surface area contributed by atoms with Crippen molar-refractivity contribution in [3.8, 4) is 0 Å². The van der Waals surface area contributed by atoms with Gasteiger partial charge in [-0.2, -0.15) is 16.9 Å². The second-order valence-corrected chi connectivity index (χ2v) is 5.19. The standard InChI is InChI=1S/C11H16N4O3S/c1-2-18-11(17)8-6-19-4-3-15(8)10(16)9-7(12)5-13-14-9/h5,8H,2-4,6,12H2,1H3,(H,13,14). The Bertz CT molecular complexity index is 476. The number of carbonyl (C=O) groups is 2. The molecule has 1 aromatic rings. The molecule has 1 aliphatic heterocycles. The third-order valence-corrected chi connectivity index (χ3v) is 3.85. The molecule has 3 N–H and O–H groups in total. The average molecular weight is 284 g/mol. The first kappa shape index (κ1) is 13.7. The number of aromatic amines is 1. The van der Waals surface area contributed by atoms with Crippen molar-refractivity contribution >= 4 is 29.3 Å². The Balaban J connectivity index is 2.18. The summed E-state index contributed by atoms with van der Waals surface area (Å²) in [7, 11) is 0. The largest absolute Gasteiger partial charge is 0.464 e. The number of nitrogens with one attached hydrogen (secondary N) is 1. The maximum absolute atomic E-state index is 12.4. The van der Waals surface area contributed by atoms with Crippen LogP contribution in [0.3, 0.4) is 0 Å². The van der Waals surface area contributed by atoms with Gasteiger partial charge >= 0.3 is 5.97 Å². The molecule has 0 radical (unpaired) electrons. The van der Waals surface area contributed by atoms with Crippen molar-refractivity contribution in [2.75, 3.05) is 30.4 Å². The van der Waals surface area contributed by atoms with Crippen LogP contribution in [0, 0.1) is 0 Å². The number of nitrogens with zero attached hydrogens (tertiary/aromatic N) is 2. The van der Waals surface area contributed by atoms with Crippen molar-refractivity contribution in [3.05, 3.63) is 11.9 Å². The number of hydrogen-bond donors (Lipinski definition) is 2. The molecule has 1 fully saturated rings. The summed E-state index contributed by atoms with van der Waals surface area (Å²) in [6.45, 7) is 2.53. The Kier molecular flexibility index (Phi) is 4.31. The third kappa shape index (κ3) is 2.83. The molecular weight excluding hydrogens is 268 g/mol. The Morgan fingerprint density at radius 2 is 2.47 bits per heavy atom. The topological polar surface area (TPSA) is 101 Å². The van der Waals surface area contributed by atoms with E-state index in [2.05, 4.69) is 10.2 Å². The van der Waals surface area contributed by atoms with Gasteiger partial charge in [0, 0.05) is 18.1 Å². The van der Waals surface area contributed by atoms with E-state index >= 15 is 0 Å². The van der Waals surface area contributed by atoms with Crippen molar-refractivity contribution in [2.24, 2.45) is 0 Å². The summed E-state index contributed by atoms with van der Waals surface area (Å²) in [4.78, 5) is 25.7. The lowest BCUT2D eigenvalue weighted by Gasteiger charge is -2.33. The van der Waals surface area contributed by atoms with E-state index in [0.29, 0.717) is 18.9 Å². The molecule has 2 heterocycles. The summed E-state index contributed by atoms with van der Waals surface area (Å²) in [6.07, 6.45) is 1.38. The number of nitrogens with two attached hydrogens (primary N) is 1. The molecule has 1 aliphatic rings. The highest BCUT2D eigenvalue weighted by Gasteiger charge is 2.35. The number of rotatable bonds is 3. The predicted octanol–water partition coefficient (Wildman–Crippen LogP) is 0.113. The van der Waals surface area contributed by atoms with E-state index in [0.717, 1.165) is 5.75 Å².